The summed E-state index contributed by atoms with van der Waals surface area (Å²) in [6.45, 7) is 6.31. The van der Waals surface area contributed by atoms with Gasteiger partial charge in [-0.25, -0.2) is 4.98 Å². The third-order valence-corrected chi connectivity index (χ3v) is 5.53. The summed E-state index contributed by atoms with van der Waals surface area (Å²) in [6.07, 6.45) is 4.62. The number of nitrogens with zero attached hydrogens (tertiary/aromatic N) is 5. The molecule has 0 aliphatic carbocycles. The van der Waals surface area contributed by atoms with Gasteiger partial charge in [-0.15, -0.1) is 0 Å². The number of fused-ring (bicyclic) bond motifs is 2. The average Bonchev–Trinajstić information content (AvgIpc) is 2.81. The van der Waals surface area contributed by atoms with Gasteiger partial charge in [-0.1, -0.05) is 43.6 Å². The number of benzene rings is 1. The van der Waals surface area contributed by atoms with Crippen LogP contribution in [0.5, 0.6) is 0 Å². The summed E-state index contributed by atoms with van der Waals surface area (Å²) in [5.74, 6) is -0.384. The molecule has 3 heterocycles. The van der Waals surface area contributed by atoms with Gasteiger partial charge in [0, 0.05) is 23.8 Å². The van der Waals surface area contributed by atoms with Gasteiger partial charge < -0.3 is 4.57 Å². The predicted molar refractivity (Wildman–Crippen MR) is 132 cm³/mol. The summed E-state index contributed by atoms with van der Waals surface area (Å²) < 4.78 is 3.16. The minimum Gasteiger partial charge on any atom is -0.309 e. The minimum absolute atomic E-state index is 0.132. The highest BCUT2D eigenvalue weighted by Gasteiger charge is 2.16. The van der Waals surface area contributed by atoms with E-state index < -0.39 is 5.91 Å². The average molecular weight is 472 g/mol. The molecule has 0 spiro atoms. The molecule has 0 aliphatic heterocycles. The summed E-state index contributed by atoms with van der Waals surface area (Å²) in [4.78, 5) is 35.0. The second-order valence-electron chi connectivity index (χ2n) is 8.37. The highest BCUT2D eigenvalue weighted by Crippen LogP contribution is 2.14. The van der Waals surface area contributed by atoms with E-state index in [4.69, 9.17) is 16.6 Å². The van der Waals surface area contributed by atoms with Gasteiger partial charge in [0.2, 0.25) is 0 Å². The largest absolute Gasteiger partial charge is 0.309 e. The molecule has 4 rings (SSSR count). The zero-order chi connectivity index (χ0) is 24.4. The minimum atomic E-state index is -0.531. The lowest BCUT2D eigenvalue weighted by Gasteiger charge is -2.15. The smallest absolute Gasteiger partial charge is 0.271 e. The van der Waals surface area contributed by atoms with E-state index >= 15 is 0 Å². The zero-order valence-corrected chi connectivity index (χ0v) is 19.7. The summed E-state index contributed by atoms with van der Waals surface area (Å²) >= 11 is 5.91. The Bertz CT molecular complexity index is 1620. The number of aryl methyl sites for hydroxylation is 1. The molecule has 0 saturated carbocycles. The second-order valence-corrected chi connectivity index (χ2v) is 8.81. The Kier molecular flexibility index (Phi) is 6.44. The van der Waals surface area contributed by atoms with Crippen molar-refractivity contribution in [2.45, 2.75) is 27.3 Å². The number of halogens is 1. The number of nitriles is 1. The van der Waals surface area contributed by atoms with Crippen LogP contribution in [-0.2, 0) is 11.3 Å². The van der Waals surface area contributed by atoms with Crippen molar-refractivity contribution in [1.29, 1.82) is 5.26 Å². The van der Waals surface area contributed by atoms with E-state index in [9.17, 15) is 14.9 Å². The Morgan fingerprint density at radius 2 is 1.97 bits per heavy atom. The van der Waals surface area contributed by atoms with E-state index in [0.717, 1.165) is 11.1 Å². The molecule has 1 amide bonds. The van der Waals surface area contributed by atoms with E-state index in [1.54, 1.807) is 47.2 Å². The molecule has 0 radical (unpaired) electrons. The Morgan fingerprint density at radius 1 is 1.24 bits per heavy atom. The fourth-order valence-electron chi connectivity index (χ4n) is 3.71. The molecule has 0 saturated heterocycles. The summed E-state index contributed by atoms with van der Waals surface area (Å²) in [5, 5.41) is 10.7. The van der Waals surface area contributed by atoms with E-state index in [2.05, 4.69) is 11.1 Å². The zero-order valence-electron chi connectivity index (χ0n) is 19.0. The van der Waals surface area contributed by atoms with Crippen molar-refractivity contribution in [3.8, 4) is 6.07 Å². The molecule has 0 unspecified atom stereocenters. The van der Waals surface area contributed by atoms with Crippen LogP contribution < -0.4 is 11.0 Å². The Labute approximate surface area is 200 Å². The molecule has 7 nitrogen and oxygen atoms in total. The van der Waals surface area contributed by atoms with Crippen LogP contribution in [0.25, 0.3) is 22.8 Å². The molecule has 8 heteroatoms. The lowest BCUT2D eigenvalue weighted by molar-refractivity contribution is -0.113. The van der Waals surface area contributed by atoms with Crippen molar-refractivity contribution in [2.24, 2.45) is 10.9 Å². The molecule has 0 aliphatic rings. The van der Waals surface area contributed by atoms with Crippen molar-refractivity contribution in [2.75, 3.05) is 0 Å². The van der Waals surface area contributed by atoms with Gasteiger partial charge in [-0.3, -0.25) is 14.0 Å². The van der Waals surface area contributed by atoms with Crippen LogP contribution in [0, 0.1) is 24.2 Å². The molecule has 0 N–H and O–H groups in total. The first-order chi connectivity index (χ1) is 16.3. The molecule has 4 aromatic rings. The summed E-state index contributed by atoms with van der Waals surface area (Å²) in [6, 6.07) is 14.2. The van der Waals surface area contributed by atoms with Crippen LogP contribution in [0.3, 0.4) is 0 Å². The third-order valence-electron chi connectivity index (χ3n) is 5.28. The molecular formula is C26H22ClN5O2. The van der Waals surface area contributed by atoms with E-state index in [1.165, 1.54) is 16.5 Å². The van der Waals surface area contributed by atoms with Gasteiger partial charge in [0.05, 0.1) is 10.9 Å². The van der Waals surface area contributed by atoms with Gasteiger partial charge in [0.15, 0.2) is 5.49 Å². The van der Waals surface area contributed by atoms with Crippen molar-refractivity contribution >= 4 is 40.3 Å². The topological polar surface area (TPSA) is 92.5 Å². The van der Waals surface area contributed by atoms with Crippen molar-refractivity contribution in [3.05, 3.63) is 92.3 Å². The van der Waals surface area contributed by atoms with Gasteiger partial charge >= 0.3 is 0 Å². The monoisotopic (exact) mass is 471 g/mol. The van der Waals surface area contributed by atoms with Crippen molar-refractivity contribution in [3.63, 3.8) is 0 Å². The maximum atomic E-state index is 13.2. The molecule has 0 fully saturated rings. The highest BCUT2D eigenvalue weighted by molar-refractivity contribution is 6.30. The molecule has 1 aromatic carbocycles. The van der Waals surface area contributed by atoms with Crippen molar-refractivity contribution in [1.82, 2.24) is 14.0 Å². The predicted octanol–water partition coefficient (Wildman–Crippen LogP) is 4.28. The highest BCUT2D eigenvalue weighted by atomic mass is 35.5. The fraction of sp³-hybridized carbons (Fsp3) is 0.192. The number of amides is 1. The van der Waals surface area contributed by atoms with Crippen LogP contribution in [0.2, 0.25) is 5.02 Å². The Balaban J connectivity index is 1.98. The maximum absolute atomic E-state index is 13.2. The first-order valence-corrected chi connectivity index (χ1v) is 11.1. The van der Waals surface area contributed by atoms with Crippen LogP contribution in [0.1, 0.15) is 30.5 Å². The number of hydrogen-bond acceptors (Lipinski definition) is 4. The number of carbonyl (C=O) groups is 1. The molecule has 170 valence electrons. The van der Waals surface area contributed by atoms with Crippen LogP contribution in [0.4, 0.5) is 0 Å². The van der Waals surface area contributed by atoms with E-state index in [-0.39, 0.29) is 22.5 Å². The van der Waals surface area contributed by atoms with Gasteiger partial charge in [0.25, 0.3) is 11.5 Å². The SMILES string of the molecule is Cc1cccn2c(=O)c3cc(C#N)c(=NC(=O)/C=C/c4ccc(Cl)cc4)n(CC(C)C)c3nc12. The molecule has 34 heavy (non-hydrogen) atoms. The normalized spacial score (nSPS) is 12.2. The van der Waals surface area contributed by atoms with Crippen LogP contribution in [-0.4, -0.2) is 19.9 Å². The second kappa shape index (κ2) is 9.46. The third kappa shape index (κ3) is 4.54. The van der Waals surface area contributed by atoms with Gasteiger partial charge in [-0.2, -0.15) is 10.3 Å². The number of carbonyl (C=O) groups excluding carboxylic acids is 1. The molecule has 3 aromatic heterocycles. The van der Waals surface area contributed by atoms with E-state index in [1.807, 2.05) is 26.8 Å². The van der Waals surface area contributed by atoms with Gasteiger partial charge in [0.1, 0.15) is 17.4 Å². The molecule has 0 bridgehead atoms. The van der Waals surface area contributed by atoms with Crippen LogP contribution >= 0.6 is 11.6 Å². The molecular weight excluding hydrogens is 450 g/mol. The number of hydrogen-bond donors (Lipinski definition) is 0. The Hall–Kier alpha value is -4.02. The molecule has 0 atom stereocenters. The summed E-state index contributed by atoms with van der Waals surface area (Å²) in [5.41, 5.74) is 2.56. The standard InChI is InChI=1S/C26H22ClN5O2/c1-16(2)15-32-24(29-22(33)11-8-18-6-9-20(27)10-7-18)19(14-28)13-21-25(32)30-23-17(3)5-4-12-31(23)26(21)34/h4-13,16H,15H2,1-3H3/b11-8+,29-24?. The number of rotatable bonds is 4. The maximum Gasteiger partial charge on any atom is 0.271 e. The fourth-order valence-corrected chi connectivity index (χ4v) is 3.84. The first-order valence-electron chi connectivity index (χ1n) is 10.8. The number of pyridine rings is 2. The lowest BCUT2D eigenvalue weighted by atomic mass is 10.1. The first kappa shape index (κ1) is 23.1. The Morgan fingerprint density at radius 3 is 2.65 bits per heavy atom. The van der Waals surface area contributed by atoms with E-state index in [0.29, 0.717) is 28.2 Å². The van der Waals surface area contributed by atoms with Gasteiger partial charge in [-0.05, 0) is 54.3 Å². The number of aromatic nitrogens is 3. The van der Waals surface area contributed by atoms with Crippen molar-refractivity contribution < 1.29 is 4.79 Å². The van der Waals surface area contributed by atoms with Crippen LogP contribution in [0.15, 0.2) is 64.5 Å². The summed E-state index contributed by atoms with van der Waals surface area (Å²) in [7, 11) is 0. The quantitative estimate of drug-likeness (QED) is 0.328. The lowest BCUT2D eigenvalue weighted by Crippen LogP contribution is -2.30.